The molecule has 1 aromatic heterocycles. The molecule has 0 aliphatic heterocycles. The fourth-order valence-electron chi connectivity index (χ4n) is 1.69. The maximum absolute atomic E-state index is 12.0. The molecule has 0 aliphatic carbocycles. The zero-order valence-electron chi connectivity index (χ0n) is 11.3. The van der Waals surface area contributed by atoms with Crippen LogP contribution in [-0.4, -0.2) is 22.2 Å². The molecular formula is C14H21NO4. The summed E-state index contributed by atoms with van der Waals surface area (Å²) in [5.41, 5.74) is -0.145. The van der Waals surface area contributed by atoms with Crippen LogP contribution in [0.25, 0.3) is 0 Å². The summed E-state index contributed by atoms with van der Waals surface area (Å²) in [6.45, 7) is 3.14. The lowest BCUT2D eigenvalue weighted by Gasteiger charge is -2.08. The van der Waals surface area contributed by atoms with Crippen molar-refractivity contribution in [3.63, 3.8) is 0 Å². The van der Waals surface area contributed by atoms with Gasteiger partial charge in [0.1, 0.15) is 0 Å². The molecule has 0 saturated heterocycles. The van der Waals surface area contributed by atoms with Gasteiger partial charge in [-0.2, -0.15) is 0 Å². The van der Waals surface area contributed by atoms with Crippen LogP contribution in [0.5, 0.6) is 5.75 Å². The fourth-order valence-corrected chi connectivity index (χ4v) is 1.69. The monoisotopic (exact) mass is 267 g/mol. The van der Waals surface area contributed by atoms with Crippen molar-refractivity contribution in [1.29, 1.82) is 0 Å². The van der Waals surface area contributed by atoms with Gasteiger partial charge >= 0.3 is 5.97 Å². The molecule has 0 saturated carbocycles. The normalized spacial score (nSPS) is 10.4. The quantitative estimate of drug-likeness (QED) is 0.697. The molecule has 0 bridgehead atoms. The molecule has 0 spiro atoms. The number of aromatic nitrogens is 1. The van der Waals surface area contributed by atoms with Crippen molar-refractivity contribution in [2.24, 2.45) is 0 Å². The predicted molar refractivity (Wildman–Crippen MR) is 72.6 cm³/mol. The van der Waals surface area contributed by atoms with Gasteiger partial charge < -0.3 is 14.4 Å². The summed E-state index contributed by atoms with van der Waals surface area (Å²) in [4.78, 5) is 22.4. The molecule has 1 rings (SSSR count). The van der Waals surface area contributed by atoms with Crippen LogP contribution in [0.4, 0.5) is 0 Å². The van der Waals surface area contributed by atoms with Crippen molar-refractivity contribution in [2.75, 3.05) is 6.61 Å². The number of carboxylic acids is 1. The van der Waals surface area contributed by atoms with E-state index < -0.39 is 5.97 Å². The van der Waals surface area contributed by atoms with Crippen LogP contribution >= 0.6 is 0 Å². The Labute approximate surface area is 112 Å². The number of aliphatic carboxylic acids is 1. The van der Waals surface area contributed by atoms with E-state index in [0.29, 0.717) is 31.7 Å². The molecule has 0 fully saturated rings. The van der Waals surface area contributed by atoms with E-state index in [9.17, 15) is 9.59 Å². The van der Waals surface area contributed by atoms with Gasteiger partial charge in [0.05, 0.1) is 6.61 Å². The number of carboxylic acid groups (broad SMARTS) is 1. The molecule has 1 heterocycles. The maximum Gasteiger partial charge on any atom is 0.303 e. The standard InChI is InChI=1S/C14H21NO4/c1-2-3-11-19-12-7-6-10-15(14(12)18)9-5-4-8-13(16)17/h6-7,10H,2-5,8-9,11H2,1H3,(H,16,17). The van der Waals surface area contributed by atoms with Crippen LogP contribution in [0, 0.1) is 0 Å². The van der Waals surface area contributed by atoms with Crippen LogP contribution < -0.4 is 10.3 Å². The third-order valence-corrected chi connectivity index (χ3v) is 2.78. The second kappa shape index (κ2) is 8.34. The number of pyridine rings is 1. The Hall–Kier alpha value is -1.78. The lowest BCUT2D eigenvalue weighted by atomic mass is 10.2. The van der Waals surface area contributed by atoms with Crippen LogP contribution in [0.15, 0.2) is 23.1 Å². The molecule has 5 nitrogen and oxygen atoms in total. The molecule has 1 aromatic rings. The van der Waals surface area contributed by atoms with Gasteiger partial charge in [-0.05, 0) is 31.4 Å². The zero-order valence-corrected chi connectivity index (χ0v) is 11.3. The Morgan fingerprint density at radius 1 is 1.37 bits per heavy atom. The average molecular weight is 267 g/mol. The van der Waals surface area contributed by atoms with Crippen LogP contribution in [0.3, 0.4) is 0 Å². The molecule has 0 aromatic carbocycles. The first kappa shape index (κ1) is 15.3. The number of rotatable bonds is 9. The fraction of sp³-hybridized carbons (Fsp3) is 0.571. The Morgan fingerprint density at radius 3 is 2.84 bits per heavy atom. The van der Waals surface area contributed by atoms with Gasteiger partial charge in [0, 0.05) is 19.2 Å². The van der Waals surface area contributed by atoms with Gasteiger partial charge in [-0.3, -0.25) is 9.59 Å². The predicted octanol–water partition coefficient (Wildman–Crippen LogP) is 2.28. The minimum Gasteiger partial charge on any atom is -0.488 e. The lowest BCUT2D eigenvalue weighted by molar-refractivity contribution is -0.137. The van der Waals surface area contributed by atoms with E-state index in [-0.39, 0.29) is 12.0 Å². The summed E-state index contributed by atoms with van der Waals surface area (Å²) in [6, 6.07) is 3.45. The molecule has 0 radical (unpaired) electrons. The molecule has 0 aliphatic rings. The molecule has 0 amide bonds. The number of nitrogens with zero attached hydrogens (tertiary/aromatic N) is 1. The van der Waals surface area contributed by atoms with Gasteiger partial charge in [-0.1, -0.05) is 13.3 Å². The highest BCUT2D eigenvalue weighted by atomic mass is 16.5. The number of aryl methyl sites for hydroxylation is 1. The lowest BCUT2D eigenvalue weighted by Crippen LogP contribution is -2.21. The number of unbranched alkanes of at least 4 members (excludes halogenated alkanes) is 2. The second-order valence-electron chi connectivity index (χ2n) is 4.42. The highest BCUT2D eigenvalue weighted by Gasteiger charge is 2.04. The van der Waals surface area contributed by atoms with Gasteiger partial charge in [-0.15, -0.1) is 0 Å². The largest absolute Gasteiger partial charge is 0.488 e. The van der Waals surface area contributed by atoms with E-state index in [1.165, 1.54) is 0 Å². The van der Waals surface area contributed by atoms with Crippen molar-refractivity contribution in [2.45, 2.75) is 45.6 Å². The third-order valence-electron chi connectivity index (χ3n) is 2.78. The van der Waals surface area contributed by atoms with E-state index in [4.69, 9.17) is 9.84 Å². The van der Waals surface area contributed by atoms with Gasteiger partial charge in [0.2, 0.25) is 0 Å². The van der Waals surface area contributed by atoms with Crippen molar-refractivity contribution < 1.29 is 14.6 Å². The highest BCUT2D eigenvalue weighted by Crippen LogP contribution is 2.05. The molecule has 19 heavy (non-hydrogen) atoms. The summed E-state index contributed by atoms with van der Waals surface area (Å²) >= 11 is 0. The van der Waals surface area contributed by atoms with Crippen LogP contribution in [0.1, 0.15) is 39.0 Å². The van der Waals surface area contributed by atoms with Gasteiger partial charge in [0.25, 0.3) is 5.56 Å². The molecule has 0 unspecified atom stereocenters. The number of hydrogen-bond donors (Lipinski definition) is 1. The Morgan fingerprint density at radius 2 is 2.16 bits per heavy atom. The number of hydrogen-bond acceptors (Lipinski definition) is 3. The molecule has 106 valence electrons. The van der Waals surface area contributed by atoms with E-state index in [0.717, 1.165) is 12.8 Å². The molecule has 5 heteroatoms. The number of carbonyl (C=O) groups is 1. The van der Waals surface area contributed by atoms with E-state index >= 15 is 0 Å². The first-order valence-corrected chi connectivity index (χ1v) is 6.69. The first-order valence-electron chi connectivity index (χ1n) is 6.69. The van der Waals surface area contributed by atoms with Crippen LogP contribution in [-0.2, 0) is 11.3 Å². The van der Waals surface area contributed by atoms with Crippen molar-refractivity contribution >= 4 is 5.97 Å². The SMILES string of the molecule is CCCCOc1cccn(CCCCC(=O)O)c1=O. The maximum atomic E-state index is 12.0. The Bertz CT molecular complexity index is 453. The summed E-state index contributed by atoms with van der Waals surface area (Å²) in [5, 5.41) is 8.54. The Balaban J connectivity index is 2.52. The highest BCUT2D eigenvalue weighted by molar-refractivity contribution is 5.66. The average Bonchev–Trinajstić information content (AvgIpc) is 2.38. The summed E-state index contributed by atoms with van der Waals surface area (Å²) in [7, 11) is 0. The minimum atomic E-state index is -0.802. The zero-order chi connectivity index (χ0) is 14.1. The first-order chi connectivity index (χ1) is 9.15. The van der Waals surface area contributed by atoms with E-state index in [2.05, 4.69) is 6.92 Å². The minimum absolute atomic E-state index is 0.140. The Kier molecular flexibility index (Phi) is 6.71. The van der Waals surface area contributed by atoms with E-state index in [1.807, 2.05) is 0 Å². The summed E-state index contributed by atoms with van der Waals surface area (Å²) < 4.78 is 7.01. The molecule has 1 N–H and O–H groups in total. The van der Waals surface area contributed by atoms with Crippen LogP contribution in [0.2, 0.25) is 0 Å². The van der Waals surface area contributed by atoms with Crippen molar-refractivity contribution in [1.82, 2.24) is 4.57 Å². The van der Waals surface area contributed by atoms with Gasteiger partial charge in [-0.25, -0.2) is 0 Å². The van der Waals surface area contributed by atoms with E-state index in [1.54, 1.807) is 22.9 Å². The topological polar surface area (TPSA) is 68.5 Å². The summed E-state index contributed by atoms with van der Waals surface area (Å²) in [6.07, 6.45) is 5.04. The smallest absolute Gasteiger partial charge is 0.303 e. The second-order valence-corrected chi connectivity index (χ2v) is 4.42. The number of ether oxygens (including phenoxy) is 1. The molecular weight excluding hydrogens is 246 g/mol. The van der Waals surface area contributed by atoms with Gasteiger partial charge in [0.15, 0.2) is 5.75 Å². The molecule has 0 atom stereocenters. The van der Waals surface area contributed by atoms with Crippen molar-refractivity contribution in [3.8, 4) is 5.75 Å². The summed E-state index contributed by atoms with van der Waals surface area (Å²) in [5.74, 6) is -0.432. The third kappa shape index (κ3) is 5.59. The van der Waals surface area contributed by atoms with Crippen molar-refractivity contribution in [3.05, 3.63) is 28.7 Å².